The van der Waals surface area contributed by atoms with Crippen molar-refractivity contribution in [1.82, 2.24) is 10.0 Å². The molecule has 0 spiro atoms. The van der Waals surface area contributed by atoms with Crippen LogP contribution in [0.1, 0.15) is 36.7 Å². The Morgan fingerprint density at radius 2 is 1.81 bits per heavy atom. The Kier molecular flexibility index (Phi) is 6.92. The molecule has 146 valence electrons. The number of hydrogen-bond acceptors (Lipinski definition) is 4. The summed E-state index contributed by atoms with van der Waals surface area (Å²) in [6.45, 7) is 5.84. The molecule has 0 fully saturated rings. The molecular formula is C19H23FN2O4S. The van der Waals surface area contributed by atoms with E-state index in [1.165, 1.54) is 0 Å². The van der Waals surface area contributed by atoms with Gasteiger partial charge < -0.3 is 10.1 Å². The Morgan fingerprint density at radius 3 is 2.41 bits per heavy atom. The smallest absolute Gasteiger partial charge is 0.254 e. The van der Waals surface area contributed by atoms with Crippen molar-refractivity contribution in [3.63, 3.8) is 0 Å². The number of ether oxygens (including phenoxy) is 1. The van der Waals surface area contributed by atoms with Gasteiger partial charge in [0.25, 0.3) is 5.91 Å². The van der Waals surface area contributed by atoms with Crippen LogP contribution in [0.5, 0.6) is 5.75 Å². The van der Waals surface area contributed by atoms with E-state index in [9.17, 15) is 17.6 Å². The summed E-state index contributed by atoms with van der Waals surface area (Å²) in [4.78, 5) is 12.1. The molecule has 0 heterocycles. The third kappa shape index (κ3) is 5.77. The van der Waals surface area contributed by atoms with Gasteiger partial charge in [0.05, 0.1) is 16.6 Å². The minimum atomic E-state index is -3.78. The minimum Gasteiger partial charge on any atom is -0.491 e. The van der Waals surface area contributed by atoms with Crippen LogP contribution in [0.25, 0.3) is 0 Å². The molecule has 0 atom stereocenters. The summed E-state index contributed by atoms with van der Waals surface area (Å²) in [5.74, 6) is -0.764. The van der Waals surface area contributed by atoms with E-state index in [2.05, 4.69) is 10.0 Å². The number of hydrogen-bond donors (Lipinski definition) is 2. The first-order valence-electron chi connectivity index (χ1n) is 8.56. The van der Waals surface area contributed by atoms with Crippen LogP contribution in [-0.2, 0) is 16.6 Å². The average molecular weight is 394 g/mol. The molecule has 2 aromatic rings. The number of halogens is 1. The molecule has 0 aliphatic rings. The van der Waals surface area contributed by atoms with Gasteiger partial charge in [0.1, 0.15) is 11.6 Å². The zero-order valence-electron chi connectivity index (χ0n) is 15.5. The van der Waals surface area contributed by atoms with Gasteiger partial charge in [0.15, 0.2) is 0 Å². The Bertz CT molecular complexity index is 896. The molecule has 1 amide bonds. The normalized spacial score (nSPS) is 11.4. The highest BCUT2D eigenvalue weighted by molar-refractivity contribution is 7.89. The maximum Gasteiger partial charge on any atom is 0.254 e. The molecule has 0 radical (unpaired) electrons. The van der Waals surface area contributed by atoms with Crippen molar-refractivity contribution in [2.24, 2.45) is 0 Å². The second kappa shape index (κ2) is 8.96. The highest BCUT2D eigenvalue weighted by Gasteiger charge is 2.18. The van der Waals surface area contributed by atoms with Crippen molar-refractivity contribution in [1.29, 1.82) is 0 Å². The van der Waals surface area contributed by atoms with Gasteiger partial charge in [-0.05, 0) is 49.7 Å². The number of amides is 1. The molecule has 2 aromatic carbocycles. The maximum absolute atomic E-state index is 14.0. The lowest BCUT2D eigenvalue weighted by Gasteiger charge is -2.11. The third-order valence-electron chi connectivity index (χ3n) is 3.58. The zero-order chi connectivity index (χ0) is 20.0. The molecule has 0 saturated carbocycles. The highest BCUT2D eigenvalue weighted by atomic mass is 32.2. The number of carbonyl (C=O) groups excluding carboxylic acids is 1. The molecule has 0 unspecified atom stereocenters. The molecule has 0 saturated heterocycles. The largest absolute Gasteiger partial charge is 0.491 e. The van der Waals surface area contributed by atoms with Crippen LogP contribution in [0, 0.1) is 5.82 Å². The first kappa shape index (κ1) is 20.9. The molecule has 6 nitrogen and oxygen atoms in total. The molecule has 8 heteroatoms. The number of carbonyl (C=O) groups is 1. The topological polar surface area (TPSA) is 84.5 Å². The molecule has 27 heavy (non-hydrogen) atoms. The van der Waals surface area contributed by atoms with E-state index >= 15 is 0 Å². The van der Waals surface area contributed by atoms with Crippen molar-refractivity contribution in [3.05, 3.63) is 59.4 Å². The quantitative estimate of drug-likeness (QED) is 0.721. The van der Waals surface area contributed by atoms with E-state index in [1.54, 1.807) is 31.2 Å². The summed E-state index contributed by atoms with van der Waals surface area (Å²) in [5, 5.41) is 2.59. The van der Waals surface area contributed by atoms with Crippen LogP contribution < -0.4 is 14.8 Å². The molecule has 2 rings (SSSR count). The first-order valence-corrected chi connectivity index (χ1v) is 10.0. The molecule has 0 aromatic heterocycles. The van der Waals surface area contributed by atoms with Crippen LogP contribution >= 0.6 is 0 Å². The summed E-state index contributed by atoms with van der Waals surface area (Å²) >= 11 is 0. The summed E-state index contributed by atoms with van der Waals surface area (Å²) in [6, 6.07) is 10.3. The van der Waals surface area contributed by atoms with Gasteiger partial charge in [-0.1, -0.05) is 19.1 Å². The van der Waals surface area contributed by atoms with E-state index in [-0.39, 0.29) is 29.7 Å². The van der Waals surface area contributed by atoms with E-state index in [1.807, 2.05) is 13.8 Å². The number of nitrogens with one attached hydrogen (secondary N) is 2. The zero-order valence-corrected chi connectivity index (χ0v) is 16.3. The minimum absolute atomic E-state index is 0.0595. The fraction of sp³-hybridized carbons (Fsp3) is 0.316. The van der Waals surface area contributed by atoms with Gasteiger partial charge in [-0.25, -0.2) is 17.5 Å². The van der Waals surface area contributed by atoms with E-state index in [0.717, 1.165) is 23.8 Å². The van der Waals surface area contributed by atoms with Crippen molar-refractivity contribution in [2.75, 3.05) is 6.54 Å². The van der Waals surface area contributed by atoms with Crippen LogP contribution in [0.2, 0.25) is 0 Å². The summed E-state index contributed by atoms with van der Waals surface area (Å²) in [5.41, 5.74) is 0.477. The first-order chi connectivity index (χ1) is 12.7. The van der Waals surface area contributed by atoms with E-state index in [4.69, 9.17) is 4.74 Å². The van der Waals surface area contributed by atoms with Crippen molar-refractivity contribution in [2.45, 2.75) is 38.3 Å². The van der Waals surface area contributed by atoms with Gasteiger partial charge in [0.2, 0.25) is 10.0 Å². The maximum atomic E-state index is 14.0. The average Bonchev–Trinajstić information content (AvgIpc) is 2.60. The summed E-state index contributed by atoms with van der Waals surface area (Å²) < 4.78 is 45.9. The van der Waals surface area contributed by atoms with Crippen LogP contribution in [-0.4, -0.2) is 27.0 Å². The number of benzene rings is 2. The standard InChI is InChI=1S/C19H23FN2O4S/c1-4-22-27(24,25)16-9-10-18(20)17(11-16)19(23)21-12-14-5-7-15(8-6-14)26-13(2)3/h5-11,13,22H,4,12H2,1-3H3,(H,21,23). The third-order valence-corrected chi connectivity index (χ3v) is 5.12. The van der Waals surface area contributed by atoms with Gasteiger partial charge in [-0.2, -0.15) is 0 Å². The molecule has 0 aliphatic heterocycles. The SMILES string of the molecule is CCNS(=O)(=O)c1ccc(F)c(C(=O)NCc2ccc(OC(C)C)cc2)c1. The summed E-state index contributed by atoms with van der Waals surface area (Å²) in [6.07, 6.45) is 0.0595. The van der Waals surface area contributed by atoms with Crippen LogP contribution in [0.15, 0.2) is 47.4 Å². The number of rotatable bonds is 8. The van der Waals surface area contributed by atoms with Crippen LogP contribution in [0.3, 0.4) is 0 Å². The van der Waals surface area contributed by atoms with Crippen LogP contribution in [0.4, 0.5) is 4.39 Å². The second-order valence-electron chi connectivity index (χ2n) is 6.14. The number of sulfonamides is 1. The Balaban J connectivity index is 2.09. The lowest BCUT2D eigenvalue weighted by atomic mass is 10.1. The van der Waals surface area contributed by atoms with Gasteiger partial charge >= 0.3 is 0 Å². The Labute approximate surface area is 158 Å². The molecule has 0 bridgehead atoms. The lowest BCUT2D eigenvalue weighted by molar-refractivity contribution is 0.0946. The van der Waals surface area contributed by atoms with Crippen molar-refractivity contribution in [3.8, 4) is 5.75 Å². The fourth-order valence-corrected chi connectivity index (χ4v) is 3.42. The van der Waals surface area contributed by atoms with Gasteiger partial charge in [-0.3, -0.25) is 4.79 Å². The molecule has 2 N–H and O–H groups in total. The summed E-state index contributed by atoms with van der Waals surface area (Å²) in [7, 11) is -3.78. The Morgan fingerprint density at radius 1 is 1.15 bits per heavy atom. The Hall–Kier alpha value is -2.45. The predicted octanol–water partition coefficient (Wildman–Crippen LogP) is 2.84. The van der Waals surface area contributed by atoms with Gasteiger partial charge in [0, 0.05) is 13.1 Å². The molecule has 0 aliphatic carbocycles. The fourth-order valence-electron chi connectivity index (χ4n) is 2.35. The van der Waals surface area contributed by atoms with Crippen molar-refractivity contribution >= 4 is 15.9 Å². The van der Waals surface area contributed by atoms with E-state index in [0.29, 0.717) is 5.75 Å². The highest BCUT2D eigenvalue weighted by Crippen LogP contribution is 2.16. The second-order valence-corrected chi connectivity index (χ2v) is 7.90. The van der Waals surface area contributed by atoms with Crippen molar-refractivity contribution < 1.29 is 22.3 Å². The molecular weight excluding hydrogens is 371 g/mol. The monoisotopic (exact) mass is 394 g/mol. The van der Waals surface area contributed by atoms with E-state index < -0.39 is 21.7 Å². The van der Waals surface area contributed by atoms with Gasteiger partial charge in [-0.15, -0.1) is 0 Å². The predicted molar refractivity (Wildman–Crippen MR) is 101 cm³/mol. The lowest BCUT2D eigenvalue weighted by Crippen LogP contribution is -2.26.